The number of rotatable bonds is 5. The lowest BCUT2D eigenvalue weighted by atomic mass is 9.92. The molecule has 1 aromatic carbocycles. The van der Waals surface area contributed by atoms with E-state index in [0.29, 0.717) is 45.6 Å². The number of benzene rings is 1. The Balaban J connectivity index is 1.40. The van der Waals surface area contributed by atoms with Crippen LogP contribution in [0.1, 0.15) is 44.2 Å². The number of piperazine rings is 1. The number of fused-ring (bicyclic) bond motifs is 1. The third-order valence-corrected chi connectivity index (χ3v) is 6.83. The molecule has 3 heterocycles. The highest BCUT2D eigenvalue weighted by Gasteiger charge is 2.38. The summed E-state index contributed by atoms with van der Waals surface area (Å²) in [6.45, 7) is 5.57. The Bertz CT molecular complexity index is 983. The predicted octanol–water partition coefficient (Wildman–Crippen LogP) is 0.806. The summed E-state index contributed by atoms with van der Waals surface area (Å²) >= 11 is 0. The average molecular weight is 469 g/mol. The highest BCUT2D eigenvalue weighted by atomic mass is 16.2. The topological polar surface area (TPSA) is 98.3 Å². The van der Waals surface area contributed by atoms with Crippen LogP contribution < -0.4 is 0 Å². The molecule has 5 amide bonds. The fourth-order valence-electron chi connectivity index (χ4n) is 4.89. The van der Waals surface area contributed by atoms with Gasteiger partial charge < -0.3 is 14.7 Å². The molecule has 4 rings (SSSR count). The normalized spacial score (nSPS) is 20.7. The summed E-state index contributed by atoms with van der Waals surface area (Å²) in [6, 6.07) is 7.37. The van der Waals surface area contributed by atoms with Gasteiger partial charge in [0.25, 0.3) is 0 Å². The van der Waals surface area contributed by atoms with Crippen molar-refractivity contribution >= 4 is 29.5 Å². The average Bonchev–Trinajstić information content (AvgIpc) is 3.14. The zero-order chi connectivity index (χ0) is 24.4. The van der Waals surface area contributed by atoms with Gasteiger partial charge >= 0.3 is 0 Å². The van der Waals surface area contributed by atoms with Gasteiger partial charge in [-0.2, -0.15) is 0 Å². The van der Waals surface area contributed by atoms with E-state index in [0.717, 1.165) is 16.0 Å². The van der Waals surface area contributed by atoms with Gasteiger partial charge in [0, 0.05) is 58.4 Å². The van der Waals surface area contributed by atoms with Crippen molar-refractivity contribution in [3.63, 3.8) is 0 Å². The molecule has 0 saturated carbocycles. The van der Waals surface area contributed by atoms with Crippen LogP contribution in [-0.2, 0) is 36.9 Å². The van der Waals surface area contributed by atoms with Crippen LogP contribution in [0.15, 0.2) is 24.3 Å². The van der Waals surface area contributed by atoms with Gasteiger partial charge in [-0.05, 0) is 17.0 Å². The maximum absolute atomic E-state index is 13.5. The molecule has 2 fully saturated rings. The highest BCUT2D eigenvalue weighted by Crippen LogP contribution is 2.26. The van der Waals surface area contributed by atoms with Crippen molar-refractivity contribution in [3.05, 3.63) is 35.4 Å². The standard InChI is InChI=1S/C25H32N4O5/c1-17(2)13-23(32)28-15-19-6-4-3-5-18(19)14-20(28)25(34)27-11-9-26(10-12-27)24(33)16-29-21(30)7-8-22(29)31/h3-6,17,20H,7-16H2,1-2H3. The number of imide groups is 1. The smallest absolute Gasteiger partial charge is 0.245 e. The van der Waals surface area contributed by atoms with Crippen LogP contribution in [0.2, 0.25) is 0 Å². The third kappa shape index (κ3) is 4.98. The van der Waals surface area contributed by atoms with Gasteiger partial charge in [0.2, 0.25) is 29.5 Å². The minimum absolute atomic E-state index is 0.0170. The van der Waals surface area contributed by atoms with Gasteiger partial charge in [-0.3, -0.25) is 28.9 Å². The number of hydrogen-bond donors (Lipinski definition) is 0. The lowest BCUT2D eigenvalue weighted by Crippen LogP contribution is -2.58. The van der Waals surface area contributed by atoms with Crippen molar-refractivity contribution in [2.45, 2.75) is 52.1 Å². The van der Waals surface area contributed by atoms with Crippen molar-refractivity contribution in [1.29, 1.82) is 0 Å². The molecular formula is C25H32N4O5. The summed E-state index contributed by atoms with van der Waals surface area (Å²) in [7, 11) is 0. The van der Waals surface area contributed by atoms with E-state index in [1.807, 2.05) is 38.1 Å². The SMILES string of the molecule is CC(C)CC(=O)N1Cc2ccccc2CC1C(=O)N1CCN(C(=O)CN2C(=O)CCC2=O)CC1. The number of hydrogen-bond acceptors (Lipinski definition) is 5. The molecule has 0 aromatic heterocycles. The molecule has 3 aliphatic rings. The van der Waals surface area contributed by atoms with Crippen LogP contribution in [0.5, 0.6) is 0 Å². The highest BCUT2D eigenvalue weighted by molar-refractivity contribution is 6.04. The quantitative estimate of drug-likeness (QED) is 0.596. The number of likely N-dealkylation sites (tertiary alicyclic amines) is 1. The maximum Gasteiger partial charge on any atom is 0.245 e. The lowest BCUT2D eigenvalue weighted by Gasteiger charge is -2.41. The summed E-state index contributed by atoms with van der Waals surface area (Å²) in [5.41, 5.74) is 2.16. The molecule has 0 aliphatic carbocycles. The summed E-state index contributed by atoms with van der Waals surface area (Å²) in [4.78, 5) is 68.9. The molecule has 9 nitrogen and oxygen atoms in total. The first-order valence-electron chi connectivity index (χ1n) is 12.0. The van der Waals surface area contributed by atoms with Gasteiger partial charge in [0.15, 0.2) is 0 Å². The lowest BCUT2D eigenvalue weighted by molar-refractivity contribution is -0.151. The van der Waals surface area contributed by atoms with E-state index in [1.165, 1.54) is 0 Å². The fraction of sp³-hybridized carbons (Fsp3) is 0.560. The van der Waals surface area contributed by atoms with E-state index in [-0.39, 0.29) is 54.8 Å². The van der Waals surface area contributed by atoms with Crippen LogP contribution in [0.3, 0.4) is 0 Å². The molecular weight excluding hydrogens is 436 g/mol. The van der Waals surface area contributed by atoms with Crippen molar-refractivity contribution in [2.75, 3.05) is 32.7 Å². The Hall–Kier alpha value is -3.23. The van der Waals surface area contributed by atoms with Gasteiger partial charge in [-0.15, -0.1) is 0 Å². The van der Waals surface area contributed by atoms with Crippen LogP contribution >= 0.6 is 0 Å². The first-order valence-corrected chi connectivity index (χ1v) is 12.0. The molecule has 1 aromatic rings. The van der Waals surface area contributed by atoms with Crippen LogP contribution in [0.4, 0.5) is 0 Å². The molecule has 182 valence electrons. The van der Waals surface area contributed by atoms with Crippen LogP contribution in [-0.4, -0.2) is 87.9 Å². The van der Waals surface area contributed by atoms with E-state index in [9.17, 15) is 24.0 Å². The minimum atomic E-state index is -0.553. The second-order valence-corrected chi connectivity index (χ2v) is 9.69. The summed E-state index contributed by atoms with van der Waals surface area (Å²) < 4.78 is 0. The molecule has 0 spiro atoms. The molecule has 0 bridgehead atoms. The maximum atomic E-state index is 13.5. The first-order chi connectivity index (χ1) is 16.2. The third-order valence-electron chi connectivity index (χ3n) is 6.83. The van der Waals surface area contributed by atoms with E-state index >= 15 is 0 Å². The zero-order valence-electron chi connectivity index (χ0n) is 19.9. The number of carbonyl (C=O) groups is 5. The molecule has 2 saturated heterocycles. The second kappa shape index (κ2) is 9.95. The van der Waals surface area contributed by atoms with Crippen LogP contribution in [0.25, 0.3) is 0 Å². The Labute approximate surface area is 199 Å². The Morgan fingerprint density at radius 3 is 2.09 bits per heavy atom. The van der Waals surface area contributed by atoms with Crippen molar-refractivity contribution in [3.8, 4) is 0 Å². The molecule has 1 unspecified atom stereocenters. The van der Waals surface area contributed by atoms with Crippen molar-refractivity contribution in [1.82, 2.24) is 19.6 Å². The molecule has 9 heteroatoms. The summed E-state index contributed by atoms with van der Waals surface area (Å²) in [6.07, 6.45) is 1.19. The fourth-order valence-corrected chi connectivity index (χ4v) is 4.89. The first kappa shape index (κ1) is 23.9. The Morgan fingerprint density at radius 2 is 1.47 bits per heavy atom. The van der Waals surface area contributed by atoms with Crippen molar-refractivity contribution in [2.24, 2.45) is 5.92 Å². The Morgan fingerprint density at radius 1 is 0.882 bits per heavy atom. The number of amides is 5. The molecule has 3 aliphatic heterocycles. The Kier molecular flexibility index (Phi) is 7.00. The molecule has 0 N–H and O–H groups in total. The summed E-state index contributed by atoms with van der Waals surface area (Å²) in [5, 5.41) is 0. The van der Waals surface area contributed by atoms with E-state index in [1.54, 1.807) is 14.7 Å². The van der Waals surface area contributed by atoms with Gasteiger partial charge in [0.05, 0.1) is 0 Å². The second-order valence-electron chi connectivity index (χ2n) is 9.69. The monoisotopic (exact) mass is 468 g/mol. The van der Waals surface area contributed by atoms with Gasteiger partial charge in [-0.25, -0.2) is 0 Å². The molecule has 1 atom stereocenters. The van der Waals surface area contributed by atoms with Crippen LogP contribution in [0, 0.1) is 5.92 Å². The predicted molar refractivity (Wildman–Crippen MR) is 123 cm³/mol. The van der Waals surface area contributed by atoms with Crippen molar-refractivity contribution < 1.29 is 24.0 Å². The van der Waals surface area contributed by atoms with E-state index in [2.05, 4.69) is 0 Å². The zero-order valence-corrected chi connectivity index (χ0v) is 19.9. The molecule has 34 heavy (non-hydrogen) atoms. The van der Waals surface area contributed by atoms with E-state index in [4.69, 9.17) is 0 Å². The van der Waals surface area contributed by atoms with E-state index < -0.39 is 6.04 Å². The van der Waals surface area contributed by atoms with Gasteiger partial charge in [0.1, 0.15) is 12.6 Å². The number of nitrogens with zero attached hydrogens (tertiary/aromatic N) is 4. The van der Waals surface area contributed by atoms with Gasteiger partial charge in [-0.1, -0.05) is 38.1 Å². The number of carbonyl (C=O) groups excluding carboxylic acids is 5. The minimum Gasteiger partial charge on any atom is -0.338 e. The molecule has 0 radical (unpaired) electrons. The largest absolute Gasteiger partial charge is 0.338 e. The summed E-state index contributed by atoms with van der Waals surface area (Å²) in [5.74, 6) is -0.813.